The number of benzene rings is 2. The lowest BCUT2D eigenvalue weighted by Crippen LogP contribution is -2.47. The van der Waals surface area contributed by atoms with Crippen molar-refractivity contribution in [3.63, 3.8) is 0 Å². The molecule has 0 saturated carbocycles. The predicted molar refractivity (Wildman–Crippen MR) is 133 cm³/mol. The maximum absolute atomic E-state index is 15.0. The van der Waals surface area contributed by atoms with E-state index in [-0.39, 0.29) is 41.2 Å². The Morgan fingerprint density at radius 3 is 2.56 bits per heavy atom. The quantitative estimate of drug-likeness (QED) is 0.354. The summed E-state index contributed by atoms with van der Waals surface area (Å²) in [6, 6.07) is 1.82. The van der Waals surface area contributed by atoms with Gasteiger partial charge in [-0.3, -0.25) is 4.57 Å². The molecule has 1 N–H and O–H groups in total. The number of methoxy groups -OCH3 is 1. The first-order chi connectivity index (χ1) is 18.5. The molecule has 1 aromatic heterocycles. The lowest BCUT2D eigenvalue weighted by atomic mass is 9.96. The standard InChI is InChI=1S/C24H20ClF5N4O4S/c1-37-11-9-34-19-13(21(32-22(34)35)38-23(36)33-4-2-31-3-5-33)6-14(24(28,29)30)18(20(19)39-10-11)12-7-15(25)17(27)8-16(12)26/h6-8,11,31H,2-5,9-10H2,1H3/t11-/m0/s1. The second kappa shape index (κ2) is 10.6. The van der Waals surface area contributed by atoms with Gasteiger partial charge < -0.3 is 19.7 Å². The third kappa shape index (κ3) is 5.17. The Kier molecular flexibility index (Phi) is 7.48. The van der Waals surface area contributed by atoms with Crippen molar-refractivity contribution in [2.24, 2.45) is 0 Å². The van der Waals surface area contributed by atoms with E-state index in [0.717, 1.165) is 22.4 Å². The number of hydrogen-bond donors (Lipinski definition) is 1. The van der Waals surface area contributed by atoms with Crippen LogP contribution in [0.2, 0.25) is 5.02 Å². The van der Waals surface area contributed by atoms with Crippen molar-refractivity contribution in [1.82, 2.24) is 19.8 Å². The Morgan fingerprint density at radius 2 is 1.90 bits per heavy atom. The number of hydrogen-bond acceptors (Lipinski definition) is 7. The van der Waals surface area contributed by atoms with E-state index in [4.69, 9.17) is 21.1 Å². The molecule has 3 heterocycles. The summed E-state index contributed by atoms with van der Waals surface area (Å²) in [6.45, 7) is 1.46. The normalized spacial score (nSPS) is 17.8. The summed E-state index contributed by atoms with van der Waals surface area (Å²) in [7, 11) is 1.38. The first-order valence-electron chi connectivity index (χ1n) is 11.7. The van der Waals surface area contributed by atoms with Crippen LogP contribution in [0.4, 0.5) is 26.7 Å². The molecule has 2 aromatic carbocycles. The van der Waals surface area contributed by atoms with Crippen molar-refractivity contribution in [3.05, 3.63) is 50.9 Å². The molecule has 2 aliphatic heterocycles. The van der Waals surface area contributed by atoms with Gasteiger partial charge in [0.2, 0.25) is 5.88 Å². The van der Waals surface area contributed by atoms with Crippen LogP contribution in [-0.2, 0) is 17.5 Å². The van der Waals surface area contributed by atoms with E-state index in [1.807, 2.05) is 0 Å². The van der Waals surface area contributed by atoms with Gasteiger partial charge in [-0.05, 0) is 12.1 Å². The van der Waals surface area contributed by atoms with Gasteiger partial charge in [0.05, 0.1) is 34.1 Å². The minimum absolute atomic E-state index is 0.0505. The zero-order chi connectivity index (χ0) is 28.1. The molecule has 0 aliphatic carbocycles. The lowest BCUT2D eigenvalue weighted by Gasteiger charge is -2.26. The van der Waals surface area contributed by atoms with Gasteiger partial charge in [-0.1, -0.05) is 11.6 Å². The number of amides is 1. The van der Waals surface area contributed by atoms with E-state index in [0.29, 0.717) is 25.2 Å². The fourth-order valence-electron chi connectivity index (χ4n) is 4.54. The molecule has 1 atom stereocenters. The molecule has 0 unspecified atom stereocenters. The second-order valence-corrected chi connectivity index (χ2v) is 10.3. The third-order valence-corrected chi connectivity index (χ3v) is 7.97. The molecular formula is C24H20ClF5N4O4S. The molecule has 8 nitrogen and oxygen atoms in total. The molecule has 3 aromatic rings. The number of carbonyl (C=O) groups is 1. The fourth-order valence-corrected chi connectivity index (χ4v) is 6.02. The minimum Gasteiger partial charge on any atom is -0.390 e. The van der Waals surface area contributed by atoms with Crippen molar-refractivity contribution in [2.45, 2.75) is 23.7 Å². The highest BCUT2D eigenvalue weighted by atomic mass is 35.5. The van der Waals surface area contributed by atoms with Crippen molar-refractivity contribution in [3.8, 4) is 17.0 Å². The van der Waals surface area contributed by atoms with Crippen LogP contribution < -0.4 is 15.7 Å². The van der Waals surface area contributed by atoms with Gasteiger partial charge in [0, 0.05) is 61.1 Å². The maximum atomic E-state index is 15.0. The average molecular weight is 591 g/mol. The summed E-state index contributed by atoms with van der Waals surface area (Å²) >= 11 is 6.73. The molecule has 0 spiro atoms. The Hall–Kier alpha value is -2.94. The fraction of sp³-hybridized carbons (Fsp3) is 0.375. The number of piperazine rings is 1. The van der Waals surface area contributed by atoms with Gasteiger partial charge in [-0.2, -0.15) is 18.2 Å². The Bertz CT molecular complexity index is 1530. The molecule has 1 saturated heterocycles. The van der Waals surface area contributed by atoms with Gasteiger partial charge >= 0.3 is 18.0 Å². The molecule has 5 rings (SSSR count). The smallest absolute Gasteiger partial charge is 0.390 e. The average Bonchev–Trinajstić information content (AvgIpc) is 3.09. The van der Waals surface area contributed by atoms with E-state index < -0.39 is 63.3 Å². The highest BCUT2D eigenvalue weighted by Gasteiger charge is 2.39. The van der Waals surface area contributed by atoms with Crippen LogP contribution in [0.25, 0.3) is 22.0 Å². The Balaban J connectivity index is 1.83. The highest BCUT2D eigenvalue weighted by Crippen LogP contribution is 2.49. The van der Waals surface area contributed by atoms with Gasteiger partial charge in [-0.25, -0.2) is 18.4 Å². The summed E-state index contributed by atoms with van der Waals surface area (Å²) in [5.74, 6) is -2.94. The van der Waals surface area contributed by atoms with E-state index in [1.165, 1.54) is 12.0 Å². The number of ether oxygens (including phenoxy) is 2. The zero-order valence-corrected chi connectivity index (χ0v) is 21.8. The third-order valence-electron chi connectivity index (χ3n) is 6.46. The van der Waals surface area contributed by atoms with Crippen molar-refractivity contribution in [2.75, 3.05) is 39.0 Å². The number of rotatable bonds is 3. The summed E-state index contributed by atoms with van der Waals surface area (Å²) in [5, 5.41) is 2.19. The number of aromatic nitrogens is 2. The first-order valence-corrected chi connectivity index (χ1v) is 13.0. The monoisotopic (exact) mass is 590 g/mol. The summed E-state index contributed by atoms with van der Waals surface area (Å²) in [5.41, 5.74) is -3.49. The number of halogens is 6. The zero-order valence-electron chi connectivity index (χ0n) is 20.2. The van der Waals surface area contributed by atoms with Crippen LogP contribution in [0.15, 0.2) is 27.9 Å². The Labute approximate surface area is 227 Å². The topological polar surface area (TPSA) is 85.7 Å². The summed E-state index contributed by atoms with van der Waals surface area (Å²) in [6.07, 6.45) is -6.54. The van der Waals surface area contributed by atoms with Crippen LogP contribution in [-0.4, -0.2) is 65.7 Å². The van der Waals surface area contributed by atoms with Gasteiger partial charge in [0.15, 0.2) is 0 Å². The van der Waals surface area contributed by atoms with Crippen molar-refractivity contribution in [1.29, 1.82) is 0 Å². The van der Waals surface area contributed by atoms with Gasteiger partial charge in [0.25, 0.3) is 0 Å². The van der Waals surface area contributed by atoms with E-state index in [9.17, 15) is 27.2 Å². The van der Waals surface area contributed by atoms with Crippen LogP contribution in [0.5, 0.6) is 5.88 Å². The SMILES string of the molecule is CO[C@@H]1CSc2c(-c3cc(Cl)c(F)cc3F)c(C(F)(F)F)cc3c(OC(=O)N4CCNCC4)nc(=O)n(c23)C1. The number of thioether (sulfide) groups is 1. The number of nitrogens with one attached hydrogen (secondary N) is 1. The highest BCUT2D eigenvalue weighted by molar-refractivity contribution is 7.99. The van der Waals surface area contributed by atoms with E-state index in [2.05, 4.69) is 10.3 Å². The Morgan fingerprint density at radius 1 is 1.18 bits per heavy atom. The summed E-state index contributed by atoms with van der Waals surface area (Å²) in [4.78, 5) is 30.9. The van der Waals surface area contributed by atoms with E-state index >= 15 is 4.39 Å². The number of nitrogens with zero attached hydrogens (tertiary/aromatic N) is 3. The first kappa shape index (κ1) is 27.6. The molecule has 1 amide bonds. The minimum atomic E-state index is -5.04. The number of alkyl halides is 3. The van der Waals surface area contributed by atoms with Gasteiger partial charge in [-0.15, -0.1) is 11.8 Å². The number of carbonyl (C=O) groups excluding carboxylic acids is 1. The van der Waals surface area contributed by atoms with Crippen LogP contribution in [0, 0.1) is 11.6 Å². The maximum Gasteiger partial charge on any atom is 0.417 e. The van der Waals surface area contributed by atoms with Crippen molar-refractivity contribution < 1.29 is 36.2 Å². The second-order valence-electron chi connectivity index (χ2n) is 8.85. The largest absolute Gasteiger partial charge is 0.417 e. The molecule has 0 radical (unpaired) electrons. The molecule has 2 aliphatic rings. The molecular weight excluding hydrogens is 571 g/mol. The van der Waals surface area contributed by atoms with Crippen molar-refractivity contribution >= 4 is 40.4 Å². The van der Waals surface area contributed by atoms with Crippen LogP contribution >= 0.6 is 23.4 Å². The van der Waals surface area contributed by atoms with Crippen LogP contribution in [0.3, 0.4) is 0 Å². The molecule has 0 bridgehead atoms. The molecule has 208 valence electrons. The summed E-state index contributed by atoms with van der Waals surface area (Å²) < 4.78 is 84.5. The molecule has 39 heavy (non-hydrogen) atoms. The van der Waals surface area contributed by atoms with E-state index in [1.54, 1.807) is 0 Å². The lowest BCUT2D eigenvalue weighted by molar-refractivity contribution is -0.137. The predicted octanol–water partition coefficient (Wildman–Crippen LogP) is 4.54. The molecule has 1 fully saturated rings. The van der Waals surface area contributed by atoms with Crippen LogP contribution in [0.1, 0.15) is 5.56 Å². The molecule has 15 heteroatoms. The van der Waals surface area contributed by atoms with Gasteiger partial charge in [0.1, 0.15) is 11.6 Å².